The molecule has 1 aliphatic heterocycles. The molecule has 8 heteroatoms. The molecule has 1 N–H and O–H groups in total. The SMILES string of the molecule is Cc1ccc(S(=O)(=O)NCC2CN(c3ccccc3)C(=O)CO2)s1. The number of ether oxygens (including phenoxy) is 1. The van der Waals surface area contributed by atoms with Gasteiger partial charge in [0.2, 0.25) is 10.0 Å². The monoisotopic (exact) mass is 366 g/mol. The maximum absolute atomic E-state index is 12.3. The summed E-state index contributed by atoms with van der Waals surface area (Å²) in [6.45, 7) is 2.24. The number of nitrogens with one attached hydrogen (secondary N) is 1. The van der Waals surface area contributed by atoms with Gasteiger partial charge in [-0.05, 0) is 31.2 Å². The van der Waals surface area contributed by atoms with Gasteiger partial charge in [0, 0.05) is 17.1 Å². The summed E-state index contributed by atoms with van der Waals surface area (Å²) in [4.78, 5) is 14.6. The molecule has 1 aromatic heterocycles. The van der Waals surface area contributed by atoms with Gasteiger partial charge in [-0.2, -0.15) is 0 Å². The highest BCUT2D eigenvalue weighted by Gasteiger charge is 2.28. The lowest BCUT2D eigenvalue weighted by molar-refractivity contribution is -0.129. The summed E-state index contributed by atoms with van der Waals surface area (Å²) in [5.74, 6) is -0.130. The molecule has 0 aliphatic carbocycles. The number of rotatable bonds is 5. The van der Waals surface area contributed by atoms with Crippen LogP contribution in [0.15, 0.2) is 46.7 Å². The van der Waals surface area contributed by atoms with E-state index in [1.54, 1.807) is 17.0 Å². The second-order valence-electron chi connectivity index (χ2n) is 5.49. The normalized spacial score (nSPS) is 18.8. The summed E-state index contributed by atoms with van der Waals surface area (Å²) in [6, 6.07) is 12.6. The number of sulfonamides is 1. The Kier molecular flexibility index (Phi) is 5.00. The zero-order valence-corrected chi connectivity index (χ0v) is 14.8. The third kappa shape index (κ3) is 3.84. The fraction of sp³-hybridized carbons (Fsp3) is 0.312. The molecule has 0 saturated carbocycles. The molecule has 1 amide bonds. The first-order valence-corrected chi connectivity index (χ1v) is 9.79. The van der Waals surface area contributed by atoms with Crippen molar-refractivity contribution in [1.29, 1.82) is 0 Å². The van der Waals surface area contributed by atoms with E-state index in [4.69, 9.17) is 4.74 Å². The number of nitrogens with zero attached hydrogens (tertiary/aromatic N) is 1. The van der Waals surface area contributed by atoms with Crippen molar-refractivity contribution >= 4 is 33.0 Å². The first-order valence-electron chi connectivity index (χ1n) is 7.49. The summed E-state index contributed by atoms with van der Waals surface area (Å²) >= 11 is 1.22. The molecule has 0 radical (unpaired) electrons. The Balaban J connectivity index is 1.65. The largest absolute Gasteiger partial charge is 0.365 e. The predicted molar refractivity (Wildman–Crippen MR) is 92.8 cm³/mol. The first-order chi connectivity index (χ1) is 11.5. The van der Waals surface area contributed by atoms with Crippen molar-refractivity contribution in [3.05, 3.63) is 47.3 Å². The van der Waals surface area contributed by atoms with Crippen LogP contribution in [0.2, 0.25) is 0 Å². The first kappa shape index (κ1) is 17.1. The van der Waals surface area contributed by atoms with E-state index in [0.29, 0.717) is 6.54 Å². The molecule has 1 aromatic carbocycles. The molecule has 1 saturated heterocycles. The minimum absolute atomic E-state index is 0.0562. The van der Waals surface area contributed by atoms with Gasteiger partial charge < -0.3 is 9.64 Å². The molecule has 2 heterocycles. The number of hydrogen-bond donors (Lipinski definition) is 1. The van der Waals surface area contributed by atoms with Gasteiger partial charge in [0.05, 0.1) is 12.6 Å². The number of aryl methyl sites for hydroxylation is 1. The van der Waals surface area contributed by atoms with Crippen LogP contribution in [0.1, 0.15) is 4.88 Å². The van der Waals surface area contributed by atoms with E-state index in [9.17, 15) is 13.2 Å². The Morgan fingerprint density at radius 2 is 2.00 bits per heavy atom. The van der Waals surface area contributed by atoms with Crippen molar-refractivity contribution in [3.63, 3.8) is 0 Å². The van der Waals surface area contributed by atoms with Gasteiger partial charge in [0.1, 0.15) is 10.8 Å². The summed E-state index contributed by atoms with van der Waals surface area (Å²) in [5.41, 5.74) is 0.785. The van der Waals surface area contributed by atoms with Gasteiger partial charge in [-0.15, -0.1) is 11.3 Å². The summed E-state index contributed by atoms with van der Waals surface area (Å²) in [6.07, 6.45) is -0.390. The highest BCUT2D eigenvalue weighted by Crippen LogP contribution is 2.21. The molecule has 2 aromatic rings. The van der Waals surface area contributed by atoms with Gasteiger partial charge in [0.15, 0.2) is 0 Å². The van der Waals surface area contributed by atoms with Crippen LogP contribution in [0.5, 0.6) is 0 Å². The number of benzene rings is 1. The molecule has 6 nitrogen and oxygen atoms in total. The average molecular weight is 366 g/mol. The van der Waals surface area contributed by atoms with Gasteiger partial charge in [-0.1, -0.05) is 18.2 Å². The number of amides is 1. The van der Waals surface area contributed by atoms with Gasteiger partial charge >= 0.3 is 0 Å². The van der Waals surface area contributed by atoms with E-state index < -0.39 is 16.1 Å². The smallest absolute Gasteiger partial charge is 0.253 e. The number of hydrogen-bond acceptors (Lipinski definition) is 5. The molecule has 0 spiro atoms. The van der Waals surface area contributed by atoms with Crippen molar-refractivity contribution in [2.24, 2.45) is 0 Å². The number of para-hydroxylation sites is 1. The van der Waals surface area contributed by atoms with Crippen LogP contribution < -0.4 is 9.62 Å². The van der Waals surface area contributed by atoms with Crippen LogP contribution in [-0.4, -0.2) is 40.1 Å². The number of carbonyl (C=O) groups excluding carboxylic acids is 1. The third-order valence-corrected chi connectivity index (χ3v) is 6.60. The van der Waals surface area contributed by atoms with Crippen molar-refractivity contribution < 1.29 is 17.9 Å². The maximum Gasteiger partial charge on any atom is 0.253 e. The van der Waals surface area contributed by atoms with Crippen LogP contribution in [0, 0.1) is 6.92 Å². The van der Waals surface area contributed by atoms with E-state index in [-0.39, 0.29) is 23.3 Å². The number of morpholine rings is 1. The molecule has 128 valence electrons. The minimum atomic E-state index is -3.55. The quantitative estimate of drug-likeness (QED) is 0.875. The summed E-state index contributed by atoms with van der Waals surface area (Å²) in [7, 11) is -3.55. The second-order valence-corrected chi connectivity index (χ2v) is 8.77. The lowest BCUT2D eigenvalue weighted by Gasteiger charge is -2.32. The van der Waals surface area contributed by atoms with Crippen LogP contribution in [0.4, 0.5) is 5.69 Å². The molecule has 1 atom stereocenters. The Morgan fingerprint density at radius 1 is 1.25 bits per heavy atom. The van der Waals surface area contributed by atoms with E-state index in [2.05, 4.69) is 4.72 Å². The van der Waals surface area contributed by atoms with Gasteiger partial charge in [0.25, 0.3) is 5.91 Å². The lowest BCUT2D eigenvalue weighted by atomic mass is 10.2. The molecular weight excluding hydrogens is 348 g/mol. The molecule has 3 rings (SSSR count). The summed E-state index contributed by atoms with van der Waals surface area (Å²) < 4.78 is 32.8. The van der Waals surface area contributed by atoms with Gasteiger partial charge in [-0.25, -0.2) is 13.1 Å². The Bertz CT molecular complexity index is 818. The molecule has 1 aliphatic rings. The van der Waals surface area contributed by atoms with Crippen molar-refractivity contribution in [2.75, 3.05) is 24.6 Å². The third-order valence-electron chi connectivity index (χ3n) is 3.68. The lowest BCUT2D eigenvalue weighted by Crippen LogP contribution is -2.50. The van der Waals surface area contributed by atoms with Crippen LogP contribution in [-0.2, 0) is 19.6 Å². The Morgan fingerprint density at radius 3 is 2.67 bits per heavy atom. The standard InChI is InChI=1S/C16H18N2O4S2/c1-12-7-8-16(23-12)24(20,21)17-9-14-10-18(15(19)11-22-14)13-5-3-2-4-6-13/h2-8,14,17H,9-11H2,1H3. The minimum Gasteiger partial charge on any atom is -0.365 e. The van der Waals surface area contributed by atoms with Crippen molar-refractivity contribution in [1.82, 2.24) is 4.72 Å². The van der Waals surface area contributed by atoms with E-state index in [0.717, 1.165) is 10.6 Å². The van der Waals surface area contributed by atoms with Crippen molar-refractivity contribution in [2.45, 2.75) is 17.2 Å². The molecule has 24 heavy (non-hydrogen) atoms. The Hall–Kier alpha value is -1.74. The number of thiophene rings is 1. The fourth-order valence-electron chi connectivity index (χ4n) is 2.44. The van der Waals surface area contributed by atoms with E-state index in [1.807, 2.05) is 37.3 Å². The van der Waals surface area contributed by atoms with Gasteiger partial charge in [-0.3, -0.25) is 4.79 Å². The number of anilines is 1. The topological polar surface area (TPSA) is 75.7 Å². The second kappa shape index (κ2) is 7.02. The number of carbonyl (C=O) groups is 1. The highest BCUT2D eigenvalue weighted by molar-refractivity contribution is 7.91. The van der Waals surface area contributed by atoms with Crippen LogP contribution in [0.25, 0.3) is 0 Å². The van der Waals surface area contributed by atoms with Crippen LogP contribution in [0.3, 0.4) is 0 Å². The predicted octanol–water partition coefficient (Wildman–Crippen LogP) is 1.77. The maximum atomic E-state index is 12.3. The van der Waals surface area contributed by atoms with Crippen LogP contribution >= 0.6 is 11.3 Å². The van der Waals surface area contributed by atoms with E-state index >= 15 is 0 Å². The highest BCUT2D eigenvalue weighted by atomic mass is 32.2. The molecule has 1 fully saturated rings. The zero-order chi connectivity index (χ0) is 17.2. The molecule has 0 bridgehead atoms. The average Bonchev–Trinajstić information content (AvgIpc) is 3.02. The molecule has 1 unspecified atom stereocenters. The summed E-state index contributed by atoms with van der Waals surface area (Å²) in [5, 5.41) is 0. The Labute approximate surface area is 145 Å². The zero-order valence-electron chi connectivity index (χ0n) is 13.1. The molecular formula is C16H18N2O4S2. The fourth-order valence-corrected chi connectivity index (χ4v) is 4.83. The van der Waals surface area contributed by atoms with Crippen molar-refractivity contribution in [3.8, 4) is 0 Å². The van der Waals surface area contributed by atoms with E-state index in [1.165, 1.54) is 11.3 Å².